The van der Waals surface area contributed by atoms with Gasteiger partial charge >= 0.3 is 0 Å². The number of aryl methyl sites for hydroxylation is 1. The van der Waals surface area contributed by atoms with Gasteiger partial charge in [0.2, 0.25) is 0 Å². The van der Waals surface area contributed by atoms with Gasteiger partial charge in [-0.15, -0.1) is 0 Å². The highest BCUT2D eigenvalue weighted by Gasteiger charge is 2.13. The Hall–Kier alpha value is -2.92. The molecule has 1 aliphatic rings. The number of aromatic nitrogens is 1. The quantitative estimate of drug-likeness (QED) is 0.690. The van der Waals surface area contributed by atoms with Crippen molar-refractivity contribution in [2.75, 3.05) is 20.2 Å². The van der Waals surface area contributed by atoms with Gasteiger partial charge in [0.1, 0.15) is 5.75 Å². The van der Waals surface area contributed by atoms with Crippen molar-refractivity contribution >= 4 is 16.8 Å². The number of fused-ring (bicyclic) bond motifs is 1. The van der Waals surface area contributed by atoms with Crippen molar-refractivity contribution in [3.63, 3.8) is 0 Å². The van der Waals surface area contributed by atoms with E-state index in [1.54, 1.807) is 7.11 Å². The molecule has 5 nitrogen and oxygen atoms in total. The van der Waals surface area contributed by atoms with Crippen LogP contribution in [0.15, 0.2) is 48.5 Å². The zero-order valence-electron chi connectivity index (χ0n) is 17.1. The van der Waals surface area contributed by atoms with Crippen LogP contribution < -0.4 is 10.1 Å². The number of carbonyl (C=O) groups is 1. The Kier molecular flexibility index (Phi) is 5.76. The van der Waals surface area contributed by atoms with Crippen LogP contribution in [0.4, 0.5) is 0 Å². The van der Waals surface area contributed by atoms with Crippen LogP contribution in [0.3, 0.4) is 0 Å². The van der Waals surface area contributed by atoms with E-state index < -0.39 is 0 Å². The maximum absolute atomic E-state index is 12.7. The molecule has 0 atom stereocenters. The normalized spacial score (nSPS) is 14.3. The van der Waals surface area contributed by atoms with Gasteiger partial charge in [-0.05, 0) is 62.2 Å². The monoisotopic (exact) mass is 389 g/mol. The Morgan fingerprint density at radius 3 is 2.52 bits per heavy atom. The lowest BCUT2D eigenvalue weighted by Gasteiger charge is -2.15. The lowest BCUT2D eigenvalue weighted by Crippen LogP contribution is -2.24. The number of likely N-dealkylation sites (tertiary alicyclic amines) is 1. The molecule has 150 valence electrons. The lowest BCUT2D eigenvalue weighted by molar-refractivity contribution is 0.0950. The highest BCUT2D eigenvalue weighted by atomic mass is 16.5. The number of amides is 1. The van der Waals surface area contributed by atoms with Gasteiger partial charge in [-0.2, -0.15) is 0 Å². The number of pyridine rings is 1. The van der Waals surface area contributed by atoms with Crippen LogP contribution in [0.2, 0.25) is 0 Å². The summed E-state index contributed by atoms with van der Waals surface area (Å²) in [5.41, 5.74) is 4.57. The summed E-state index contributed by atoms with van der Waals surface area (Å²) in [6, 6.07) is 16.1. The number of nitrogens with one attached hydrogen (secondary N) is 1. The van der Waals surface area contributed by atoms with E-state index in [2.05, 4.69) is 39.5 Å². The van der Waals surface area contributed by atoms with Crippen LogP contribution in [0, 0.1) is 6.92 Å². The third kappa shape index (κ3) is 4.57. The molecule has 0 unspecified atom stereocenters. The van der Waals surface area contributed by atoms with E-state index in [4.69, 9.17) is 4.74 Å². The summed E-state index contributed by atoms with van der Waals surface area (Å²) >= 11 is 0. The third-order valence-corrected chi connectivity index (χ3v) is 5.54. The molecule has 2 heterocycles. The average Bonchev–Trinajstić information content (AvgIpc) is 3.25. The van der Waals surface area contributed by atoms with Gasteiger partial charge < -0.3 is 10.1 Å². The molecule has 1 saturated heterocycles. The maximum Gasteiger partial charge on any atom is 0.253 e. The van der Waals surface area contributed by atoms with Crippen molar-refractivity contribution in [2.45, 2.75) is 32.9 Å². The minimum atomic E-state index is -0.103. The molecule has 3 aromatic rings. The van der Waals surface area contributed by atoms with E-state index in [1.807, 2.05) is 31.2 Å². The molecule has 0 spiro atoms. The zero-order chi connectivity index (χ0) is 20.2. The van der Waals surface area contributed by atoms with Gasteiger partial charge in [0, 0.05) is 24.5 Å². The SMILES string of the molecule is COc1ccc2cc(C(=O)NCc3ccc(CN4CCCC4)cc3)c(C)nc2c1. The predicted molar refractivity (Wildman–Crippen MR) is 115 cm³/mol. The summed E-state index contributed by atoms with van der Waals surface area (Å²) < 4.78 is 5.25. The summed E-state index contributed by atoms with van der Waals surface area (Å²) in [6.07, 6.45) is 2.61. The Morgan fingerprint density at radius 1 is 1.07 bits per heavy atom. The molecule has 0 saturated carbocycles. The maximum atomic E-state index is 12.7. The van der Waals surface area contributed by atoms with Crippen LogP contribution in [0.1, 0.15) is 40.0 Å². The summed E-state index contributed by atoms with van der Waals surface area (Å²) in [4.78, 5) is 19.8. The van der Waals surface area contributed by atoms with E-state index in [0.29, 0.717) is 17.8 Å². The highest BCUT2D eigenvalue weighted by Crippen LogP contribution is 2.22. The van der Waals surface area contributed by atoms with Crippen LogP contribution in [0.5, 0.6) is 5.75 Å². The first-order valence-electron chi connectivity index (χ1n) is 10.2. The van der Waals surface area contributed by atoms with Crippen LogP contribution in [0.25, 0.3) is 10.9 Å². The standard InChI is InChI=1S/C24H27N3O2/c1-17-22(13-20-9-10-21(29-2)14-23(20)26-17)24(28)25-15-18-5-7-19(8-6-18)16-27-11-3-4-12-27/h5-10,13-14H,3-4,11-12,15-16H2,1-2H3,(H,25,28). The molecule has 0 bridgehead atoms. The van der Waals surface area contributed by atoms with Crippen LogP contribution in [-0.2, 0) is 13.1 Å². The number of carbonyl (C=O) groups excluding carboxylic acids is 1. The summed E-state index contributed by atoms with van der Waals surface area (Å²) in [5.74, 6) is 0.656. The first-order chi connectivity index (χ1) is 14.1. The topological polar surface area (TPSA) is 54.5 Å². The number of ether oxygens (including phenoxy) is 1. The fourth-order valence-electron chi connectivity index (χ4n) is 3.84. The Balaban J connectivity index is 1.40. The molecule has 1 fully saturated rings. The minimum Gasteiger partial charge on any atom is -0.497 e. The second-order valence-corrected chi connectivity index (χ2v) is 7.66. The second-order valence-electron chi connectivity index (χ2n) is 7.66. The van der Waals surface area contributed by atoms with E-state index >= 15 is 0 Å². The van der Waals surface area contributed by atoms with E-state index in [1.165, 1.54) is 31.5 Å². The number of hydrogen-bond donors (Lipinski definition) is 1. The lowest BCUT2D eigenvalue weighted by atomic mass is 10.1. The minimum absolute atomic E-state index is 0.103. The van der Waals surface area contributed by atoms with Crippen molar-refractivity contribution in [3.05, 3.63) is 70.9 Å². The molecule has 1 N–H and O–H groups in total. The van der Waals surface area contributed by atoms with Crippen molar-refractivity contribution in [2.24, 2.45) is 0 Å². The molecule has 1 aliphatic heterocycles. The molecular weight excluding hydrogens is 362 g/mol. The Morgan fingerprint density at radius 2 is 1.79 bits per heavy atom. The fraction of sp³-hybridized carbons (Fsp3) is 0.333. The van der Waals surface area contributed by atoms with Crippen molar-refractivity contribution in [1.82, 2.24) is 15.2 Å². The largest absolute Gasteiger partial charge is 0.497 e. The third-order valence-electron chi connectivity index (χ3n) is 5.54. The average molecular weight is 389 g/mol. The van der Waals surface area contributed by atoms with E-state index in [9.17, 15) is 4.79 Å². The Labute approximate surface area is 171 Å². The molecule has 2 aromatic carbocycles. The summed E-state index contributed by atoms with van der Waals surface area (Å²) in [6.45, 7) is 5.77. The number of hydrogen-bond acceptors (Lipinski definition) is 4. The molecule has 0 radical (unpaired) electrons. The fourth-order valence-corrected chi connectivity index (χ4v) is 3.84. The molecule has 5 heteroatoms. The van der Waals surface area contributed by atoms with Crippen LogP contribution in [-0.4, -0.2) is 36.0 Å². The summed E-state index contributed by atoms with van der Waals surface area (Å²) in [7, 11) is 1.63. The number of rotatable bonds is 6. The first-order valence-corrected chi connectivity index (χ1v) is 10.2. The van der Waals surface area contributed by atoms with Crippen molar-refractivity contribution in [3.8, 4) is 5.75 Å². The van der Waals surface area contributed by atoms with E-state index in [-0.39, 0.29) is 5.91 Å². The molecule has 1 amide bonds. The van der Waals surface area contributed by atoms with E-state index in [0.717, 1.165) is 28.8 Å². The number of benzene rings is 2. The Bertz CT molecular complexity index is 1010. The van der Waals surface area contributed by atoms with Gasteiger partial charge in [-0.25, -0.2) is 0 Å². The van der Waals surface area contributed by atoms with Gasteiger partial charge in [-0.3, -0.25) is 14.7 Å². The number of nitrogens with zero attached hydrogens (tertiary/aromatic N) is 2. The van der Waals surface area contributed by atoms with Gasteiger partial charge in [0.05, 0.1) is 23.9 Å². The number of methoxy groups -OCH3 is 1. The van der Waals surface area contributed by atoms with Crippen LogP contribution >= 0.6 is 0 Å². The molecule has 0 aliphatic carbocycles. The van der Waals surface area contributed by atoms with Gasteiger partial charge in [0.15, 0.2) is 0 Å². The molecule has 29 heavy (non-hydrogen) atoms. The molecule has 1 aromatic heterocycles. The molecular formula is C24H27N3O2. The zero-order valence-corrected chi connectivity index (χ0v) is 17.1. The first kappa shape index (κ1) is 19.4. The smallest absolute Gasteiger partial charge is 0.253 e. The van der Waals surface area contributed by atoms with Crippen molar-refractivity contribution in [1.29, 1.82) is 0 Å². The predicted octanol–water partition coefficient (Wildman–Crippen LogP) is 4.08. The van der Waals surface area contributed by atoms with Gasteiger partial charge in [0.25, 0.3) is 5.91 Å². The van der Waals surface area contributed by atoms with Gasteiger partial charge in [-0.1, -0.05) is 24.3 Å². The second kappa shape index (κ2) is 8.62. The molecule has 4 rings (SSSR count). The van der Waals surface area contributed by atoms with Crippen molar-refractivity contribution < 1.29 is 9.53 Å². The summed E-state index contributed by atoms with van der Waals surface area (Å²) in [5, 5.41) is 3.95. The highest BCUT2D eigenvalue weighted by molar-refractivity contribution is 5.98.